The van der Waals surface area contributed by atoms with Crippen molar-refractivity contribution in [3.63, 3.8) is 0 Å². The molecule has 4 N–H and O–H groups in total. The van der Waals surface area contributed by atoms with Gasteiger partial charge in [0.1, 0.15) is 6.04 Å². The van der Waals surface area contributed by atoms with Crippen molar-refractivity contribution in [1.82, 2.24) is 10.3 Å². The minimum absolute atomic E-state index is 0.0917. The van der Waals surface area contributed by atoms with E-state index in [1.165, 1.54) is 0 Å². The fraction of sp³-hybridized carbons (Fsp3) is 0.300. The molecule has 0 aliphatic rings. The molecule has 0 fully saturated rings. The molecule has 0 saturated heterocycles. The van der Waals surface area contributed by atoms with Gasteiger partial charge in [-0.25, -0.2) is 4.79 Å². The number of carbonyl (C=O) groups is 2. The third-order valence-corrected chi connectivity index (χ3v) is 2.10. The number of aromatic amines is 1. The lowest BCUT2D eigenvalue weighted by atomic mass is 10.2. The van der Waals surface area contributed by atoms with E-state index in [0.717, 1.165) is 12.1 Å². The predicted octanol–water partition coefficient (Wildman–Crippen LogP) is -0.327. The Morgan fingerprint density at radius 2 is 2.12 bits per heavy atom. The Morgan fingerprint density at radius 3 is 2.59 bits per heavy atom. The summed E-state index contributed by atoms with van der Waals surface area (Å²) in [4.78, 5) is 35.3. The number of aliphatic carboxylic acids is 1. The maximum atomic E-state index is 11.6. The molecule has 0 spiro atoms. The summed E-state index contributed by atoms with van der Waals surface area (Å²) in [6.45, 7) is 1.61. The van der Waals surface area contributed by atoms with Crippen LogP contribution in [0.5, 0.6) is 5.88 Å². The van der Waals surface area contributed by atoms with Crippen molar-refractivity contribution in [3.05, 3.63) is 28.0 Å². The van der Waals surface area contributed by atoms with Crippen LogP contribution in [0.1, 0.15) is 23.7 Å². The van der Waals surface area contributed by atoms with Gasteiger partial charge in [0, 0.05) is 12.1 Å². The number of aromatic nitrogens is 1. The summed E-state index contributed by atoms with van der Waals surface area (Å²) in [6.07, 6.45) is 0.218. The smallest absolute Gasteiger partial charge is 0.326 e. The summed E-state index contributed by atoms with van der Waals surface area (Å²) in [5.41, 5.74) is -0.732. The predicted molar refractivity (Wildman–Crippen MR) is 57.9 cm³/mol. The first-order chi connectivity index (χ1) is 7.93. The highest BCUT2D eigenvalue weighted by molar-refractivity contribution is 5.96. The SMILES string of the molecule is CC[C@@H](NC(=O)c1cc(O)[nH]c(=O)c1)C(=O)O. The van der Waals surface area contributed by atoms with Gasteiger partial charge in [-0.05, 0) is 6.42 Å². The average molecular weight is 240 g/mol. The van der Waals surface area contributed by atoms with E-state index in [2.05, 4.69) is 10.3 Å². The van der Waals surface area contributed by atoms with Crippen LogP contribution in [-0.4, -0.2) is 33.1 Å². The van der Waals surface area contributed by atoms with Gasteiger partial charge in [-0.2, -0.15) is 0 Å². The molecular weight excluding hydrogens is 228 g/mol. The number of amides is 1. The Balaban J connectivity index is 2.89. The summed E-state index contributed by atoms with van der Waals surface area (Å²) in [6, 6.07) is 0.999. The van der Waals surface area contributed by atoms with Crippen molar-refractivity contribution >= 4 is 11.9 Å². The Labute approximate surface area is 96.1 Å². The van der Waals surface area contributed by atoms with Crippen LogP contribution in [0.3, 0.4) is 0 Å². The monoisotopic (exact) mass is 240 g/mol. The Hall–Kier alpha value is -2.31. The summed E-state index contributed by atoms with van der Waals surface area (Å²) in [7, 11) is 0. The topological polar surface area (TPSA) is 119 Å². The van der Waals surface area contributed by atoms with E-state index in [0.29, 0.717) is 0 Å². The third kappa shape index (κ3) is 3.33. The molecule has 1 aromatic heterocycles. The van der Waals surface area contributed by atoms with Crippen LogP contribution < -0.4 is 10.9 Å². The fourth-order valence-corrected chi connectivity index (χ4v) is 1.24. The normalized spacial score (nSPS) is 11.8. The number of hydrogen-bond acceptors (Lipinski definition) is 4. The Morgan fingerprint density at radius 1 is 1.47 bits per heavy atom. The first-order valence-electron chi connectivity index (χ1n) is 4.91. The molecule has 17 heavy (non-hydrogen) atoms. The maximum Gasteiger partial charge on any atom is 0.326 e. The molecule has 7 heteroatoms. The van der Waals surface area contributed by atoms with Crippen LogP contribution in [-0.2, 0) is 4.79 Å². The van der Waals surface area contributed by atoms with Crippen molar-refractivity contribution in [2.45, 2.75) is 19.4 Å². The molecule has 1 amide bonds. The number of rotatable bonds is 4. The van der Waals surface area contributed by atoms with Crippen LogP contribution >= 0.6 is 0 Å². The molecule has 0 aromatic carbocycles. The van der Waals surface area contributed by atoms with Gasteiger partial charge < -0.3 is 15.5 Å². The quantitative estimate of drug-likeness (QED) is 0.574. The van der Waals surface area contributed by atoms with Gasteiger partial charge in [0.25, 0.3) is 11.5 Å². The largest absolute Gasteiger partial charge is 0.494 e. The number of H-pyrrole nitrogens is 1. The highest BCUT2D eigenvalue weighted by Gasteiger charge is 2.18. The van der Waals surface area contributed by atoms with E-state index >= 15 is 0 Å². The van der Waals surface area contributed by atoms with Gasteiger partial charge in [0.05, 0.1) is 5.56 Å². The van der Waals surface area contributed by atoms with Crippen molar-refractivity contribution in [2.24, 2.45) is 0 Å². The van der Waals surface area contributed by atoms with Crippen LogP contribution in [0.2, 0.25) is 0 Å². The van der Waals surface area contributed by atoms with Gasteiger partial charge in [-0.1, -0.05) is 6.92 Å². The number of carbonyl (C=O) groups excluding carboxylic acids is 1. The summed E-state index contributed by atoms with van der Waals surface area (Å²) < 4.78 is 0. The van der Waals surface area contributed by atoms with Crippen LogP contribution in [0, 0.1) is 0 Å². The first-order valence-corrected chi connectivity index (χ1v) is 4.91. The van der Waals surface area contributed by atoms with Gasteiger partial charge >= 0.3 is 5.97 Å². The van der Waals surface area contributed by atoms with E-state index in [9.17, 15) is 14.4 Å². The molecular formula is C10H12N2O5. The van der Waals surface area contributed by atoms with Gasteiger partial charge in [0.15, 0.2) is 5.88 Å². The highest BCUT2D eigenvalue weighted by atomic mass is 16.4. The van der Waals surface area contributed by atoms with Gasteiger partial charge in [0.2, 0.25) is 0 Å². The fourth-order valence-electron chi connectivity index (χ4n) is 1.24. The van der Waals surface area contributed by atoms with Crippen molar-refractivity contribution in [2.75, 3.05) is 0 Å². The second-order valence-corrected chi connectivity index (χ2v) is 3.39. The molecule has 1 heterocycles. The molecule has 92 valence electrons. The molecule has 0 unspecified atom stereocenters. The number of hydrogen-bond donors (Lipinski definition) is 4. The molecule has 7 nitrogen and oxygen atoms in total. The van der Waals surface area contributed by atoms with Gasteiger partial charge in [-0.3, -0.25) is 14.6 Å². The van der Waals surface area contributed by atoms with Crippen molar-refractivity contribution < 1.29 is 19.8 Å². The second kappa shape index (κ2) is 5.15. The van der Waals surface area contributed by atoms with E-state index in [1.54, 1.807) is 6.92 Å². The zero-order chi connectivity index (χ0) is 13.0. The summed E-state index contributed by atoms with van der Waals surface area (Å²) in [5.74, 6) is -2.33. The minimum atomic E-state index is -1.16. The number of aromatic hydroxyl groups is 1. The van der Waals surface area contributed by atoms with Crippen molar-refractivity contribution in [1.29, 1.82) is 0 Å². The molecule has 0 bridgehead atoms. The number of nitrogens with one attached hydrogen (secondary N) is 2. The third-order valence-electron chi connectivity index (χ3n) is 2.10. The number of carboxylic acid groups (broad SMARTS) is 1. The van der Waals surface area contributed by atoms with Crippen LogP contribution in [0.25, 0.3) is 0 Å². The molecule has 0 radical (unpaired) electrons. The average Bonchev–Trinajstić information content (AvgIpc) is 2.23. The van der Waals surface area contributed by atoms with E-state index in [4.69, 9.17) is 10.2 Å². The lowest BCUT2D eigenvalue weighted by Crippen LogP contribution is -2.40. The second-order valence-electron chi connectivity index (χ2n) is 3.39. The van der Waals surface area contributed by atoms with Gasteiger partial charge in [-0.15, -0.1) is 0 Å². The number of pyridine rings is 1. The Bertz CT molecular complexity index is 494. The maximum absolute atomic E-state index is 11.6. The Kier molecular flexibility index (Phi) is 3.86. The highest BCUT2D eigenvalue weighted by Crippen LogP contribution is 2.04. The molecule has 0 aliphatic heterocycles. The minimum Gasteiger partial charge on any atom is -0.494 e. The van der Waals surface area contributed by atoms with E-state index in [1.807, 2.05) is 0 Å². The molecule has 1 aromatic rings. The zero-order valence-electron chi connectivity index (χ0n) is 9.06. The zero-order valence-corrected chi connectivity index (χ0v) is 9.06. The van der Waals surface area contributed by atoms with Crippen LogP contribution in [0.4, 0.5) is 0 Å². The van der Waals surface area contributed by atoms with Crippen molar-refractivity contribution in [3.8, 4) is 5.88 Å². The molecule has 0 saturated carbocycles. The first kappa shape index (κ1) is 12.8. The lowest BCUT2D eigenvalue weighted by molar-refractivity contribution is -0.139. The lowest BCUT2D eigenvalue weighted by Gasteiger charge is -2.11. The number of carboxylic acids is 1. The van der Waals surface area contributed by atoms with E-state index in [-0.39, 0.29) is 12.0 Å². The summed E-state index contributed by atoms with van der Waals surface area (Å²) >= 11 is 0. The molecule has 1 rings (SSSR count). The summed E-state index contributed by atoms with van der Waals surface area (Å²) in [5, 5.41) is 20.1. The molecule has 1 atom stereocenters. The molecule has 0 aliphatic carbocycles. The van der Waals surface area contributed by atoms with Crippen LogP contribution in [0.15, 0.2) is 16.9 Å². The standard InChI is InChI=1S/C10H12N2O5/c1-2-6(10(16)17)11-9(15)5-3-7(13)12-8(14)4-5/h3-4,6H,2H2,1H3,(H,11,15)(H,16,17)(H2,12,13,14)/t6-/m1/s1. The van der Waals surface area contributed by atoms with E-state index < -0.39 is 29.4 Å².